The zero-order chi connectivity index (χ0) is 28.9. The Balaban J connectivity index is 0.00000205. The first-order valence-corrected chi connectivity index (χ1v) is 15.8. The van der Waals surface area contributed by atoms with Crippen molar-refractivity contribution in [2.75, 3.05) is 6.35 Å². The summed E-state index contributed by atoms with van der Waals surface area (Å²) < 4.78 is 31.4. The first-order chi connectivity index (χ1) is 18.5. The zero-order valence-electron chi connectivity index (χ0n) is 24.4. The Hall–Kier alpha value is -2.30. The van der Waals surface area contributed by atoms with E-state index in [-0.39, 0.29) is 24.5 Å². The molecule has 0 bridgehead atoms. The molecule has 3 aromatic rings. The van der Waals surface area contributed by atoms with Crippen molar-refractivity contribution < 1.29 is 23.5 Å². The second-order valence-electron chi connectivity index (χ2n) is 10.3. The van der Waals surface area contributed by atoms with Gasteiger partial charge < -0.3 is 14.4 Å². The van der Waals surface area contributed by atoms with Gasteiger partial charge in [-0.1, -0.05) is 63.6 Å². The van der Waals surface area contributed by atoms with Gasteiger partial charge in [0.05, 0.1) is 12.2 Å². The smallest absolute Gasteiger partial charge is 0.368 e. The van der Waals surface area contributed by atoms with Gasteiger partial charge in [-0.05, 0) is 103 Å². The van der Waals surface area contributed by atoms with Crippen molar-refractivity contribution in [2.45, 2.75) is 86.4 Å². The fourth-order valence-corrected chi connectivity index (χ4v) is 6.83. The molecule has 7 heteroatoms. The molecule has 3 atom stereocenters. The number of rotatable bonds is 7. The fraction of sp³-hybridized carbons (Fsp3) is 0.438. The molecule has 0 spiro atoms. The van der Waals surface area contributed by atoms with E-state index in [1.165, 1.54) is 5.56 Å². The summed E-state index contributed by atoms with van der Waals surface area (Å²) in [6.07, 6.45) is 0.568. The minimum atomic E-state index is -3.50. The number of phenols is 1. The minimum Gasteiger partial charge on any atom is -0.508 e. The summed E-state index contributed by atoms with van der Waals surface area (Å²) in [5.41, 5.74) is 7.31. The van der Waals surface area contributed by atoms with Crippen LogP contribution in [0.1, 0.15) is 92.0 Å². The van der Waals surface area contributed by atoms with Gasteiger partial charge in [0.2, 0.25) is 0 Å². The predicted octanol–water partition coefficient (Wildman–Crippen LogP) is 9.81. The second-order valence-corrected chi connectivity index (χ2v) is 12.7. The van der Waals surface area contributed by atoms with Crippen LogP contribution in [0, 0.1) is 20.8 Å². The molecule has 3 aromatic carbocycles. The van der Waals surface area contributed by atoms with Gasteiger partial charge in [-0.25, -0.2) is 0 Å². The molecule has 0 aliphatic carbocycles. The Labute approximate surface area is 239 Å². The maximum atomic E-state index is 13.6. The number of benzene rings is 3. The van der Waals surface area contributed by atoms with E-state index in [2.05, 4.69) is 33.8 Å². The summed E-state index contributed by atoms with van der Waals surface area (Å²) in [6, 6.07) is 15.4. The maximum absolute atomic E-state index is 13.6. The molecule has 212 valence electrons. The van der Waals surface area contributed by atoms with E-state index < -0.39 is 7.60 Å². The fourth-order valence-electron chi connectivity index (χ4n) is 4.95. The van der Waals surface area contributed by atoms with E-state index in [9.17, 15) is 9.67 Å². The van der Waals surface area contributed by atoms with Crippen LogP contribution in [0.3, 0.4) is 0 Å². The summed E-state index contributed by atoms with van der Waals surface area (Å²) in [5.74, 6) is 1.21. The highest BCUT2D eigenvalue weighted by Crippen LogP contribution is 2.58. The Morgan fingerprint density at radius 2 is 1.72 bits per heavy atom. The van der Waals surface area contributed by atoms with Gasteiger partial charge in [-0.3, -0.25) is 9.09 Å². The van der Waals surface area contributed by atoms with E-state index in [1.54, 1.807) is 6.07 Å². The lowest BCUT2D eigenvalue weighted by Gasteiger charge is -2.34. The van der Waals surface area contributed by atoms with Gasteiger partial charge in [-0.2, -0.15) is 0 Å². The maximum Gasteiger partial charge on any atom is 0.368 e. The molecule has 5 nitrogen and oxygen atoms in total. The molecule has 1 heterocycles. The summed E-state index contributed by atoms with van der Waals surface area (Å²) in [4.78, 5) is 0. The van der Waals surface area contributed by atoms with Gasteiger partial charge in [0.25, 0.3) is 0 Å². The van der Waals surface area contributed by atoms with E-state index in [0.717, 1.165) is 39.8 Å². The standard InChI is InChI=1S/C30H36ClO5P.C2H6/c1-18(2)26-15-23(10-11-29(26)32)16-27-19(3)12-24(13-20(27)4)34-17-37(33)35-21(5)14-30(36-37)25-8-7-9-28(31)22(25)6;1-2/h7-13,15,18,21,30,32H,14,16-17H2,1-6H3;1-2H3. The molecule has 1 N–H and O–H groups in total. The molecule has 0 amide bonds. The lowest BCUT2D eigenvalue weighted by molar-refractivity contribution is 0.0318. The summed E-state index contributed by atoms with van der Waals surface area (Å²) in [7, 11) is -3.50. The average Bonchev–Trinajstić information content (AvgIpc) is 2.88. The Bertz CT molecular complexity index is 1310. The predicted molar refractivity (Wildman–Crippen MR) is 161 cm³/mol. The van der Waals surface area contributed by atoms with Crippen molar-refractivity contribution in [3.8, 4) is 11.5 Å². The van der Waals surface area contributed by atoms with Gasteiger partial charge in [0.15, 0.2) is 6.35 Å². The number of phenolic OH excluding ortho intramolecular Hbond substituents is 1. The van der Waals surface area contributed by atoms with Gasteiger partial charge in [-0.15, -0.1) is 0 Å². The third kappa shape index (κ3) is 7.67. The highest BCUT2D eigenvalue weighted by Gasteiger charge is 2.39. The number of aromatic hydroxyl groups is 1. The third-order valence-corrected chi connectivity index (χ3v) is 9.10. The SMILES string of the molecule is CC.Cc1cc(OCP2(=O)OC(C)CC(c3cccc(Cl)c3C)O2)cc(C)c1Cc1ccc(O)c(C(C)C)c1. The van der Waals surface area contributed by atoms with Crippen LogP contribution in [-0.2, 0) is 20.0 Å². The van der Waals surface area contributed by atoms with E-state index in [1.807, 2.05) is 64.1 Å². The Morgan fingerprint density at radius 1 is 1.05 bits per heavy atom. The summed E-state index contributed by atoms with van der Waals surface area (Å²) in [5, 5.41) is 10.8. The van der Waals surface area contributed by atoms with Crippen molar-refractivity contribution >= 4 is 19.2 Å². The van der Waals surface area contributed by atoms with Crippen LogP contribution in [0.4, 0.5) is 0 Å². The molecule has 1 aliphatic rings. The number of ether oxygens (including phenoxy) is 1. The minimum absolute atomic E-state index is 0.165. The van der Waals surface area contributed by atoms with Crippen LogP contribution in [0.25, 0.3) is 0 Å². The lowest BCUT2D eigenvalue weighted by atomic mass is 9.93. The average molecular weight is 573 g/mol. The number of hydrogen-bond donors (Lipinski definition) is 1. The molecule has 4 rings (SSSR count). The molecule has 39 heavy (non-hydrogen) atoms. The van der Waals surface area contributed by atoms with Crippen LogP contribution in [0.2, 0.25) is 5.02 Å². The van der Waals surface area contributed by atoms with Crippen LogP contribution < -0.4 is 4.74 Å². The molecule has 1 aliphatic heterocycles. The molecule has 0 saturated carbocycles. The van der Waals surface area contributed by atoms with E-state index in [0.29, 0.717) is 22.9 Å². The highest BCUT2D eigenvalue weighted by molar-refractivity contribution is 7.53. The van der Waals surface area contributed by atoms with Crippen molar-refractivity contribution in [1.29, 1.82) is 0 Å². The molecular weight excluding hydrogens is 531 g/mol. The van der Waals surface area contributed by atoms with Crippen LogP contribution >= 0.6 is 19.2 Å². The molecule has 0 radical (unpaired) electrons. The number of aryl methyl sites for hydroxylation is 2. The Kier molecular flexibility index (Phi) is 10.7. The molecule has 1 saturated heterocycles. The van der Waals surface area contributed by atoms with Crippen molar-refractivity contribution in [3.05, 3.63) is 92.5 Å². The van der Waals surface area contributed by atoms with E-state index >= 15 is 0 Å². The normalized spacial score (nSPS) is 20.9. The quantitative estimate of drug-likeness (QED) is 0.285. The first-order valence-electron chi connectivity index (χ1n) is 13.7. The van der Waals surface area contributed by atoms with Gasteiger partial charge >= 0.3 is 7.60 Å². The largest absolute Gasteiger partial charge is 0.508 e. The van der Waals surface area contributed by atoms with Crippen molar-refractivity contribution in [3.63, 3.8) is 0 Å². The van der Waals surface area contributed by atoms with Gasteiger partial charge in [0.1, 0.15) is 11.5 Å². The Morgan fingerprint density at radius 3 is 2.36 bits per heavy atom. The van der Waals surface area contributed by atoms with Crippen molar-refractivity contribution in [2.24, 2.45) is 0 Å². The van der Waals surface area contributed by atoms with Crippen molar-refractivity contribution in [1.82, 2.24) is 0 Å². The number of hydrogen-bond acceptors (Lipinski definition) is 5. The number of halogens is 1. The molecular formula is C32H42ClO5P. The van der Waals surface area contributed by atoms with Crippen LogP contribution in [0.5, 0.6) is 11.5 Å². The highest BCUT2D eigenvalue weighted by atomic mass is 35.5. The second kappa shape index (κ2) is 13.4. The van der Waals surface area contributed by atoms with Crippen LogP contribution in [-0.4, -0.2) is 17.6 Å². The van der Waals surface area contributed by atoms with Crippen LogP contribution in [0.15, 0.2) is 48.5 Å². The molecule has 1 fully saturated rings. The molecule has 0 aromatic heterocycles. The summed E-state index contributed by atoms with van der Waals surface area (Å²) in [6.45, 7) is 16.1. The first kappa shape index (κ1) is 31.2. The molecule has 3 unspecified atom stereocenters. The summed E-state index contributed by atoms with van der Waals surface area (Å²) >= 11 is 6.31. The third-order valence-electron chi connectivity index (χ3n) is 6.98. The monoisotopic (exact) mass is 572 g/mol. The lowest BCUT2D eigenvalue weighted by Crippen LogP contribution is -2.23. The van der Waals surface area contributed by atoms with E-state index in [4.69, 9.17) is 25.4 Å². The zero-order valence-corrected chi connectivity index (χ0v) is 26.0. The topological polar surface area (TPSA) is 65.0 Å². The van der Waals surface area contributed by atoms with Gasteiger partial charge in [0, 0.05) is 11.4 Å².